The molecule has 0 saturated carbocycles. The van der Waals surface area contributed by atoms with Crippen molar-refractivity contribution in [3.8, 4) is 11.3 Å². The van der Waals surface area contributed by atoms with Crippen LogP contribution in [0.1, 0.15) is 17.0 Å². The standard InChI is InChI=1S/C13H16N4/c1-8-5-6-15-7-11(8)12-13(14-4)17-10(3)9(2)16-12/h5-7H,1-4H3,(H,14,17). The largest absolute Gasteiger partial charge is 0.371 e. The molecule has 0 bridgehead atoms. The van der Waals surface area contributed by atoms with Crippen LogP contribution in [-0.2, 0) is 0 Å². The van der Waals surface area contributed by atoms with Crippen molar-refractivity contribution in [2.24, 2.45) is 0 Å². The van der Waals surface area contributed by atoms with E-state index >= 15 is 0 Å². The zero-order valence-electron chi connectivity index (χ0n) is 10.6. The van der Waals surface area contributed by atoms with Gasteiger partial charge in [0.25, 0.3) is 0 Å². The molecule has 4 nitrogen and oxygen atoms in total. The first-order valence-corrected chi connectivity index (χ1v) is 5.57. The summed E-state index contributed by atoms with van der Waals surface area (Å²) in [4.78, 5) is 13.3. The first kappa shape index (κ1) is 11.5. The normalized spacial score (nSPS) is 10.4. The Kier molecular flexibility index (Phi) is 3.04. The van der Waals surface area contributed by atoms with Crippen molar-refractivity contribution in [1.82, 2.24) is 15.0 Å². The maximum absolute atomic E-state index is 4.61. The Labute approximate surface area is 101 Å². The summed E-state index contributed by atoms with van der Waals surface area (Å²) in [5.41, 5.74) is 4.92. The molecule has 0 spiro atoms. The predicted molar refractivity (Wildman–Crippen MR) is 69.0 cm³/mol. The monoisotopic (exact) mass is 228 g/mol. The molecule has 0 aliphatic heterocycles. The number of hydrogen-bond acceptors (Lipinski definition) is 4. The van der Waals surface area contributed by atoms with Crippen LogP contribution in [0, 0.1) is 20.8 Å². The summed E-state index contributed by atoms with van der Waals surface area (Å²) in [6, 6.07) is 1.98. The molecule has 2 aromatic rings. The van der Waals surface area contributed by atoms with Crippen LogP contribution in [-0.4, -0.2) is 22.0 Å². The molecule has 2 aromatic heterocycles. The van der Waals surface area contributed by atoms with Gasteiger partial charge >= 0.3 is 0 Å². The summed E-state index contributed by atoms with van der Waals surface area (Å²) in [6.45, 7) is 5.98. The van der Waals surface area contributed by atoms with Crippen LogP contribution in [0.2, 0.25) is 0 Å². The number of nitrogens with one attached hydrogen (secondary N) is 1. The Morgan fingerprint density at radius 1 is 1.06 bits per heavy atom. The fraction of sp³-hybridized carbons (Fsp3) is 0.308. The van der Waals surface area contributed by atoms with Gasteiger partial charge in [-0.25, -0.2) is 9.97 Å². The van der Waals surface area contributed by atoms with Crippen molar-refractivity contribution in [1.29, 1.82) is 0 Å². The van der Waals surface area contributed by atoms with Gasteiger partial charge in [-0.15, -0.1) is 0 Å². The third-order valence-electron chi connectivity index (χ3n) is 2.84. The van der Waals surface area contributed by atoms with E-state index in [4.69, 9.17) is 0 Å². The molecule has 0 radical (unpaired) electrons. The van der Waals surface area contributed by atoms with Crippen molar-refractivity contribution in [3.05, 3.63) is 35.4 Å². The Balaban J connectivity index is 2.67. The summed E-state index contributed by atoms with van der Waals surface area (Å²) in [5.74, 6) is 0.796. The molecule has 2 rings (SSSR count). The molecule has 0 unspecified atom stereocenters. The second kappa shape index (κ2) is 4.49. The van der Waals surface area contributed by atoms with E-state index in [1.54, 1.807) is 6.20 Å². The summed E-state index contributed by atoms with van der Waals surface area (Å²) < 4.78 is 0. The van der Waals surface area contributed by atoms with Crippen LogP contribution in [0.5, 0.6) is 0 Å². The summed E-state index contributed by atoms with van der Waals surface area (Å²) in [5, 5.41) is 3.09. The number of hydrogen-bond donors (Lipinski definition) is 1. The minimum absolute atomic E-state index is 0.796. The lowest BCUT2D eigenvalue weighted by Gasteiger charge is -2.11. The lowest BCUT2D eigenvalue weighted by atomic mass is 10.1. The Morgan fingerprint density at radius 3 is 2.41 bits per heavy atom. The molecule has 0 fully saturated rings. The summed E-state index contributed by atoms with van der Waals surface area (Å²) in [7, 11) is 1.86. The van der Waals surface area contributed by atoms with Crippen molar-refractivity contribution in [2.45, 2.75) is 20.8 Å². The zero-order chi connectivity index (χ0) is 12.4. The Bertz CT molecular complexity index is 549. The number of pyridine rings is 1. The van der Waals surface area contributed by atoms with E-state index < -0.39 is 0 Å². The van der Waals surface area contributed by atoms with Gasteiger partial charge in [-0.1, -0.05) is 0 Å². The SMILES string of the molecule is CNc1nc(C)c(C)nc1-c1cnccc1C. The van der Waals surface area contributed by atoms with E-state index in [1.807, 2.05) is 40.1 Å². The van der Waals surface area contributed by atoms with Crippen LogP contribution < -0.4 is 5.32 Å². The van der Waals surface area contributed by atoms with Gasteiger partial charge in [-0.3, -0.25) is 4.98 Å². The van der Waals surface area contributed by atoms with Gasteiger partial charge in [0.05, 0.1) is 11.4 Å². The van der Waals surface area contributed by atoms with Crippen molar-refractivity contribution in [2.75, 3.05) is 12.4 Å². The van der Waals surface area contributed by atoms with Gasteiger partial charge in [0, 0.05) is 25.0 Å². The minimum Gasteiger partial charge on any atom is -0.371 e. The van der Waals surface area contributed by atoms with Crippen molar-refractivity contribution in [3.63, 3.8) is 0 Å². The van der Waals surface area contributed by atoms with E-state index in [9.17, 15) is 0 Å². The molecular formula is C13H16N4. The average Bonchev–Trinajstić information content (AvgIpc) is 2.33. The smallest absolute Gasteiger partial charge is 0.152 e. The van der Waals surface area contributed by atoms with Crippen LogP contribution >= 0.6 is 0 Å². The third kappa shape index (κ3) is 2.11. The molecule has 0 aromatic carbocycles. The first-order chi connectivity index (χ1) is 8.13. The number of aryl methyl sites for hydroxylation is 3. The molecule has 0 saturated heterocycles. The van der Waals surface area contributed by atoms with Crippen LogP contribution in [0.25, 0.3) is 11.3 Å². The second-order valence-electron chi connectivity index (χ2n) is 4.03. The fourth-order valence-corrected chi connectivity index (χ4v) is 1.68. The average molecular weight is 228 g/mol. The fourth-order valence-electron chi connectivity index (χ4n) is 1.68. The summed E-state index contributed by atoms with van der Waals surface area (Å²) in [6.07, 6.45) is 3.61. The van der Waals surface area contributed by atoms with Crippen molar-refractivity contribution < 1.29 is 0 Å². The highest BCUT2D eigenvalue weighted by Crippen LogP contribution is 2.26. The second-order valence-corrected chi connectivity index (χ2v) is 4.03. The molecule has 17 heavy (non-hydrogen) atoms. The number of aromatic nitrogens is 3. The van der Waals surface area contributed by atoms with Gasteiger partial charge in [-0.05, 0) is 32.4 Å². The zero-order valence-corrected chi connectivity index (χ0v) is 10.6. The highest BCUT2D eigenvalue weighted by molar-refractivity contribution is 5.73. The molecule has 88 valence electrons. The molecular weight excluding hydrogens is 212 g/mol. The first-order valence-electron chi connectivity index (χ1n) is 5.57. The van der Waals surface area contributed by atoms with Gasteiger partial charge in [0.2, 0.25) is 0 Å². The Hall–Kier alpha value is -1.97. The van der Waals surface area contributed by atoms with Crippen LogP contribution in [0.3, 0.4) is 0 Å². The van der Waals surface area contributed by atoms with E-state index in [0.29, 0.717) is 0 Å². The minimum atomic E-state index is 0.796. The molecule has 2 heterocycles. The molecule has 4 heteroatoms. The number of rotatable bonds is 2. The maximum atomic E-state index is 4.61. The van der Waals surface area contributed by atoms with E-state index in [0.717, 1.165) is 34.0 Å². The highest BCUT2D eigenvalue weighted by atomic mass is 15.0. The summed E-state index contributed by atoms with van der Waals surface area (Å²) >= 11 is 0. The molecule has 1 N–H and O–H groups in total. The molecule has 0 atom stereocenters. The van der Waals surface area contributed by atoms with E-state index in [1.165, 1.54) is 0 Å². The molecule has 0 aliphatic rings. The number of anilines is 1. The lowest BCUT2D eigenvalue weighted by molar-refractivity contribution is 1.05. The van der Waals surface area contributed by atoms with E-state index in [2.05, 4.69) is 20.3 Å². The van der Waals surface area contributed by atoms with Crippen LogP contribution in [0.15, 0.2) is 18.5 Å². The van der Waals surface area contributed by atoms with Gasteiger partial charge in [-0.2, -0.15) is 0 Å². The highest BCUT2D eigenvalue weighted by Gasteiger charge is 2.12. The van der Waals surface area contributed by atoms with Gasteiger partial charge in [0.15, 0.2) is 5.82 Å². The molecule has 0 aliphatic carbocycles. The lowest BCUT2D eigenvalue weighted by Crippen LogP contribution is -2.03. The third-order valence-corrected chi connectivity index (χ3v) is 2.84. The van der Waals surface area contributed by atoms with Crippen LogP contribution in [0.4, 0.5) is 5.82 Å². The Morgan fingerprint density at radius 2 is 1.76 bits per heavy atom. The molecule has 0 amide bonds. The van der Waals surface area contributed by atoms with Gasteiger partial charge < -0.3 is 5.32 Å². The quantitative estimate of drug-likeness (QED) is 0.858. The van der Waals surface area contributed by atoms with E-state index in [-0.39, 0.29) is 0 Å². The number of nitrogens with zero attached hydrogens (tertiary/aromatic N) is 3. The van der Waals surface area contributed by atoms with Crippen molar-refractivity contribution >= 4 is 5.82 Å². The predicted octanol–water partition coefficient (Wildman–Crippen LogP) is 2.51. The maximum Gasteiger partial charge on any atom is 0.152 e. The topological polar surface area (TPSA) is 50.7 Å². The van der Waals surface area contributed by atoms with Gasteiger partial charge in [0.1, 0.15) is 5.69 Å².